The Morgan fingerprint density at radius 3 is 2.59 bits per heavy atom. The van der Waals surface area contributed by atoms with Crippen molar-refractivity contribution in [1.29, 1.82) is 0 Å². The van der Waals surface area contributed by atoms with Gasteiger partial charge in [0, 0.05) is 19.3 Å². The van der Waals surface area contributed by atoms with Gasteiger partial charge in [-0.05, 0) is 32.1 Å². The third-order valence-corrected chi connectivity index (χ3v) is 3.38. The molecule has 3 N–H and O–H groups in total. The first kappa shape index (κ1) is 14.3. The van der Waals surface area contributed by atoms with Crippen LogP contribution in [0, 0.1) is 5.92 Å². The van der Waals surface area contributed by atoms with E-state index in [0.717, 1.165) is 32.5 Å². The number of amides is 2. The summed E-state index contributed by atoms with van der Waals surface area (Å²) in [6.07, 6.45) is 2.73. The van der Waals surface area contributed by atoms with E-state index in [1.54, 1.807) is 0 Å². The van der Waals surface area contributed by atoms with Crippen molar-refractivity contribution in [3.05, 3.63) is 0 Å². The largest absolute Gasteiger partial charge is 0.394 e. The molecule has 1 saturated heterocycles. The van der Waals surface area contributed by atoms with Crippen LogP contribution in [0.4, 0.5) is 4.79 Å². The van der Waals surface area contributed by atoms with E-state index in [-0.39, 0.29) is 24.7 Å². The molecule has 2 unspecified atom stereocenters. The van der Waals surface area contributed by atoms with E-state index in [1.807, 2.05) is 13.8 Å². The molecule has 0 aromatic carbocycles. The molecule has 1 rings (SSSR count). The number of rotatable bonds is 5. The molecule has 0 spiro atoms. The fourth-order valence-corrected chi connectivity index (χ4v) is 2.04. The molecule has 1 aliphatic rings. The lowest BCUT2D eigenvalue weighted by molar-refractivity contribution is 0.0570. The summed E-state index contributed by atoms with van der Waals surface area (Å²) in [6.45, 7) is 5.51. The molecule has 2 atom stereocenters. The number of aliphatic hydroxyl groups excluding tert-OH is 1. The van der Waals surface area contributed by atoms with Gasteiger partial charge in [-0.1, -0.05) is 6.92 Å². The zero-order chi connectivity index (χ0) is 12.7. The van der Waals surface area contributed by atoms with Gasteiger partial charge in [0.05, 0.1) is 12.6 Å². The van der Waals surface area contributed by atoms with Crippen LogP contribution in [0.15, 0.2) is 0 Å². The van der Waals surface area contributed by atoms with Crippen molar-refractivity contribution in [3.8, 4) is 0 Å². The summed E-state index contributed by atoms with van der Waals surface area (Å²) in [5, 5.41) is 14.7. The minimum Gasteiger partial charge on any atom is -0.394 e. The van der Waals surface area contributed by atoms with Gasteiger partial charge in [0.25, 0.3) is 0 Å². The molecule has 0 saturated carbocycles. The smallest absolute Gasteiger partial charge is 0.315 e. The predicted octanol–water partition coefficient (Wildman–Crippen LogP) is 0.872. The van der Waals surface area contributed by atoms with Crippen molar-refractivity contribution in [2.75, 3.05) is 19.8 Å². The number of hydrogen-bond donors (Lipinski definition) is 3. The second-order valence-corrected chi connectivity index (χ2v) is 4.64. The van der Waals surface area contributed by atoms with Crippen LogP contribution in [0.2, 0.25) is 0 Å². The van der Waals surface area contributed by atoms with E-state index in [4.69, 9.17) is 9.84 Å². The lowest BCUT2D eigenvalue weighted by atomic mass is 9.93. The van der Waals surface area contributed by atoms with E-state index < -0.39 is 0 Å². The lowest BCUT2D eigenvalue weighted by Crippen LogP contribution is -2.49. The molecular formula is C12H24N2O3. The number of aliphatic hydroxyl groups is 1. The van der Waals surface area contributed by atoms with Crippen molar-refractivity contribution in [2.45, 2.75) is 45.2 Å². The summed E-state index contributed by atoms with van der Waals surface area (Å²) in [4.78, 5) is 11.7. The molecule has 17 heavy (non-hydrogen) atoms. The minimum absolute atomic E-state index is 0.0183. The van der Waals surface area contributed by atoms with E-state index in [1.165, 1.54) is 0 Å². The van der Waals surface area contributed by atoms with Crippen LogP contribution < -0.4 is 10.6 Å². The molecule has 0 aromatic heterocycles. The summed E-state index contributed by atoms with van der Waals surface area (Å²) >= 11 is 0. The molecule has 0 bridgehead atoms. The second kappa shape index (κ2) is 7.50. The van der Waals surface area contributed by atoms with E-state index in [0.29, 0.717) is 5.92 Å². The SMILES string of the molecule is CCC(CO)NC(=O)NC(C)C1CCOCC1. The zero-order valence-electron chi connectivity index (χ0n) is 10.7. The van der Waals surface area contributed by atoms with E-state index in [9.17, 15) is 4.79 Å². The highest BCUT2D eigenvalue weighted by molar-refractivity contribution is 5.74. The maximum absolute atomic E-state index is 11.7. The monoisotopic (exact) mass is 244 g/mol. The molecule has 1 heterocycles. The Kier molecular flexibility index (Phi) is 6.29. The Labute approximate surface area is 103 Å². The predicted molar refractivity (Wildman–Crippen MR) is 65.8 cm³/mol. The molecule has 5 nitrogen and oxygen atoms in total. The average molecular weight is 244 g/mol. The van der Waals surface area contributed by atoms with Crippen LogP contribution in [0.25, 0.3) is 0 Å². The highest BCUT2D eigenvalue weighted by Gasteiger charge is 2.22. The number of carbonyl (C=O) groups excluding carboxylic acids is 1. The van der Waals surface area contributed by atoms with Gasteiger partial charge in [0.2, 0.25) is 0 Å². The first-order chi connectivity index (χ1) is 8.17. The topological polar surface area (TPSA) is 70.6 Å². The van der Waals surface area contributed by atoms with Crippen LogP contribution in [-0.2, 0) is 4.74 Å². The summed E-state index contributed by atoms with van der Waals surface area (Å²) in [5.74, 6) is 0.490. The van der Waals surface area contributed by atoms with E-state index >= 15 is 0 Å². The van der Waals surface area contributed by atoms with Gasteiger partial charge in [0.1, 0.15) is 0 Å². The standard InChI is InChI=1S/C12H24N2O3/c1-3-11(8-15)14-12(16)13-9(2)10-4-6-17-7-5-10/h9-11,15H,3-8H2,1-2H3,(H2,13,14,16). The van der Waals surface area contributed by atoms with Gasteiger partial charge in [-0.3, -0.25) is 0 Å². The molecule has 1 fully saturated rings. The first-order valence-electron chi connectivity index (χ1n) is 6.43. The molecule has 0 aliphatic carbocycles. The molecule has 0 aromatic rings. The third kappa shape index (κ3) is 4.91. The molecule has 100 valence electrons. The highest BCUT2D eigenvalue weighted by atomic mass is 16.5. The van der Waals surface area contributed by atoms with Gasteiger partial charge in [-0.25, -0.2) is 4.79 Å². The summed E-state index contributed by atoms with van der Waals surface area (Å²) < 4.78 is 5.29. The van der Waals surface area contributed by atoms with Crippen molar-refractivity contribution >= 4 is 6.03 Å². The summed E-state index contributed by atoms with van der Waals surface area (Å²) in [7, 11) is 0. The Hall–Kier alpha value is -0.810. The highest BCUT2D eigenvalue weighted by Crippen LogP contribution is 2.18. The zero-order valence-corrected chi connectivity index (χ0v) is 10.7. The van der Waals surface area contributed by atoms with Gasteiger partial charge in [0.15, 0.2) is 0 Å². The Balaban J connectivity index is 2.29. The number of nitrogens with one attached hydrogen (secondary N) is 2. The van der Waals surface area contributed by atoms with Crippen LogP contribution >= 0.6 is 0 Å². The Morgan fingerprint density at radius 2 is 2.06 bits per heavy atom. The van der Waals surface area contributed by atoms with Crippen LogP contribution in [-0.4, -0.2) is 43.0 Å². The van der Waals surface area contributed by atoms with Gasteiger partial charge in [-0.15, -0.1) is 0 Å². The quantitative estimate of drug-likeness (QED) is 0.672. The average Bonchev–Trinajstić information content (AvgIpc) is 2.37. The molecule has 2 amide bonds. The fraction of sp³-hybridized carbons (Fsp3) is 0.917. The maximum Gasteiger partial charge on any atom is 0.315 e. The van der Waals surface area contributed by atoms with Gasteiger partial charge >= 0.3 is 6.03 Å². The number of ether oxygens (including phenoxy) is 1. The van der Waals surface area contributed by atoms with E-state index in [2.05, 4.69) is 10.6 Å². The summed E-state index contributed by atoms with van der Waals surface area (Å²) in [6, 6.07) is -0.197. The first-order valence-corrected chi connectivity index (χ1v) is 6.43. The lowest BCUT2D eigenvalue weighted by Gasteiger charge is -2.28. The number of hydrogen-bond acceptors (Lipinski definition) is 3. The van der Waals surface area contributed by atoms with Crippen molar-refractivity contribution in [3.63, 3.8) is 0 Å². The summed E-state index contributed by atoms with van der Waals surface area (Å²) in [5.41, 5.74) is 0. The van der Waals surface area contributed by atoms with Crippen molar-refractivity contribution < 1.29 is 14.6 Å². The maximum atomic E-state index is 11.7. The Bertz CT molecular complexity index is 226. The third-order valence-electron chi connectivity index (χ3n) is 3.38. The molecular weight excluding hydrogens is 220 g/mol. The normalized spacial score (nSPS) is 20.6. The molecule has 0 radical (unpaired) electrons. The van der Waals surface area contributed by atoms with Gasteiger partial charge in [-0.2, -0.15) is 0 Å². The second-order valence-electron chi connectivity index (χ2n) is 4.64. The number of carbonyl (C=O) groups is 1. The molecule has 1 aliphatic heterocycles. The van der Waals surface area contributed by atoms with Crippen molar-refractivity contribution in [1.82, 2.24) is 10.6 Å². The van der Waals surface area contributed by atoms with Crippen LogP contribution in [0.1, 0.15) is 33.1 Å². The fourth-order valence-electron chi connectivity index (χ4n) is 2.04. The number of urea groups is 1. The van der Waals surface area contributed by atoms with Crippen molar-refractivity contribution in [2.24, 2.45) is 5.92 Å². The van der Waals surface area contributed by atoms with Crippen LogP contribution in [0.3, 0.4) is 0 Å². The van der Waals surface area contributed by atoms with Crippen LogP contribution in [0.5, 0.6) is 0 Å². The molecule has 5 heteroatoms. The Morgan fingerprint density at radius 1 is 1.41 bits per heavy atom. The van der Waals surface area contributed by atoms with Gasteiger partial charge < -0.3 is 20.5 Å². The minimum atomic E-state index is -0.190.